The summed E-state index contributed by atoms with van der Waals surface area (Å²) in [5.41, 5.74) is 0.747. The lowest BCUT2D eigenvalue weighted by molar-refractivity contribution is -0.119. The van der Waals surface area contributed by atoms with Crippen LogP contribution < -0.4 is 10.1 Å². The molecule has 0 saturated carbocycles. The van der Waals surface area contributed by atoms with Gasteiger partial charge in [0.2, 0.25) is 5.91 Å². The van der Waals surface area contributed by atoms with Crippen LogP contribution in [0.5, 0.6) is 5.75 Å². The predicted molar refractivity (Wildman–Crippen MR) is 70.8 cm³/mol. The van der Waals surface area contributed by atoms with Gasteiger partial charge in [-0.3, -0.25) is 9.48 Å². The molecule has 1 aromatic carbocycles. The van der Waals surface area contributed by atoms with Crippen molar-refractivity contribution in [3.63, 3.8) is 0 Å². The number of aromatic nitrogens is 3. The van der Waals surface area contributed by atoms with Crippen LogP contribution in [-0.4, -0.2) is 27.8 Å². The van der Waals surface area contributed by atoms with E-state index in [4.69, 9.17) is 4.74 Å². The monoisotopic (exact) mass is 260 g/mol. The van der Waals surface area contributed by atoms with E-state index in [2.05, 4.69) is 15.4 Å². The molecular weight excluding hydrogens is 244 g/mol. The lowest BCUT2D eigenvalue weighted by atomic mass is 10.1. The van der Waals surface area contributed by atoms with E-state index in [1.807, 2.05) is 6.92 Å². The number of ether oxygens (including phenoxy) is 1. The van der Waals surface area contributed by atoms with Gasteiger partial charge in [-0.05, 0) is 24.3 Å². The number of carbonyl (C=O) groups is 1. The molecule has 0 spiro atoms. The second-order valence-corrected chi connectivity index (χ2v) is 4.24. The Morgan fingerprint density at radius 2 is 2.16 bits per heavy atom. The lowest BCUT2D eigenvalue weighted by Crippen LogP contribution is -2.24. The Bertz CT molecular complexity index is 522. The maximum absolute atomic E-state index is 12.0. The third-order valence-corrected chi connectivity index (χ3v) is 2.73. The van der Waals surface area contributed by atoms with Crippen molar-refractivity contribution in [2.24, 2.45) is 5.92 Å². The number of benzene rings is 1. The van der Waals surface area contributed by atoms with Crippen molar-refractivity contribution in [2.45, 2.75) is 13.5 Å². The third-order valence-electron chi connectivity index (χ3n) is 2.73. The van der Waals surface area contributed by atoms with Gasteiger partial charge in [-0.2, -0.15) is 5.10 Å². The molecule has 0 aliphatic rings. The fourth-order valence-corrected chi connectivity index (χ4v) is 1.63. The Morgan fingerprint density at radius 3 is 2.74 bits per heavy atom. The summed E-state index contributed by atoms with van der Waals surface area (Å²) in [4.78, 5) is 15.8. The van der Waals surface area contributed by atoms with Crippen LogP contribution in [0.1, 0.15) is 6.92 Å². The van der Waals surface area contributed by atoms with E-state index < -0.39 is 0 Å². The molecule has 1 atom stereocenters. The van der Waals surface area contributed by atoms with Crippen LogP contribution in [0.25, 0.3) is 0 Å². The highest BCUT2D eigenvalue weighted by Gasteiger charge is 2.14. The van der Waals surface area contributed by atoms with Crippen LogP contribution in [0, 0.1) is 5.92 Å². The average Bonchev–Trinajstić information content (AvgIpc) is 2.92. The van der Waals surface area contributed by atoms with E-state index in [0.717, 1.165) is 11.4 Å². The van der Waals surface area contributed by atoms with E-state index >= 15 is 0 Å². The Balaban J connectivity index is 1.92. The Morgan fingerprint density at radius 1 is 1.42 bits per heavy atom. The molecule has 0 unspecified atom stereocenters. The molecule has 1 amide bonds. The summed E-state index contributed by atoms with van der Waals surface area (Å²) in [6, 6.07) is 7.22. The molecule has 2 rings (SSSR count). The summed E-state index contributed by atoms with van der Waals surface area (Å²) < 4.78 is 6.70. The van der Waals surface area contributed by atoms with Crippen molar-refractivity contribution in [3.8, 4) is 5.75 Å². The number of carbonyl (C=O) groups excluding carboxylic acids is 1. The standard InChI is InChI=1S/C13H16N4O2/c1-10(7-17-9-14-8-15-17)13(18)16-11-3-5-12(19-2)6-4-11/h3-6,8-10H,7H2,1-2H3,(H,16,18)/t10-/m0/s1. The number of rotatable bonds is 5. The highest BCUT2D eigenvalue weighted by Crippen LogP contribution is 2.15. The summed E-state index contributed by atoms with van der Waals surface area (Å²) in [5, 5.41) is 6.83. The van der Waals surface area contributed by atoms with E-state index in [1.54, 1.807) is 42.4 Å². The van der Waals surface area contributed by atoms with Gasteiger partial charge in [-0.1, -0.05) is 6.92 Å². The summed E-state index contributed by atoms with van der Waals surface area (Å²) in [6.07, 6.45) is 3.05. The molecule has 1 heterocycles. The zero-order valence-electron chi connectivity index (χ0n) is 10.9. The van der Waals surface area contributed by atoms with Crippen molar-refractivity contribution in [3.05, 3.63) is 36.9 Å². The van der Waals surface area contributed by atoms with Gasteiger partial charge in [-0.15, -0.1) is 0 Å². The first kappa shape index (κ1) is 13.1. The van der Waals surface area contributed by atoms with Crippen LogP contribution >= 0.6 is 0 Å². The lowest BCUT2D eigenvalue weighted by Gasteiger charge is -2.12. The second kappa shape index (κ2) is 5.99. The van der Waals surface area contributed by atoms with Crippen LogP contribution in [0.3, 0.4) is 0 Å². The van der Waals surface area contributed by atoms with Crippen molar-refractivity contribution >= 4 is 11.6 Å². The first-order valence-electron chi connectivity index (χ1n) is 5.96. The highest BCUT2D eigenvalue weighted by molar-refractivity contribution is 5.92. The number of nitrogens with one attached hydrogen (secondary N) is 1. The molecular formula is C13H16N4O2. The van der Waals surface area contributed by atoms with Crippen molar-refractivity contribution < 1.29 is 9.53 Å². The van der Waals surface area contributed by atoms with Gasteiger partial charge < -0.3 is 10.1 Å². The summed E-state index contributed by atoms with van der Waals surface area (Å²) in [7, 11) is 1.60. The molecule has 19 heavy (non-hydrogen) atoms. The molecule has 0 saturated heterocycles. The fourth-order valence-electron chi connectivity index (χ4n) is 1.63. The smallest absolute Gasteiger partial charge is 0.229 e. The van der Waals surface area contributed by atoms with Gasteiger partial charge in [0.15, 0.2) is 0 Å². The van der Waals surface area contributed by atoms with E-state index in [1.165, 1.54) is 6.33 Å². The van der Waals surface area contributed by atoms with Gasteiger partial charge in [-0.25, -0.2) is 4.98 Å². The quantitative estimate of drug-likeness (QED) is 0.885. The topological polar surface area (TPSA) is 69.0 Å². The molecule has 2 aromatic rings. The van der Waals surface area contributed by atoms with Crippen molar-refractivity contribution in [1.82, 2.24) is 14.8 Å². The van der Waals surface area contributed by atoms with Gasteiger partial charge in [0.1, 0.15) is 18.4 Å². The SMILES string of the molecule is COc1ccc(NC(=O)[C@@H](C)Cn2cncn2)cc1. The maximum Gasteiger partial charge on any atom is 0.229 e. The van der Waals surface area contributed by atoms with Crippen molar-refractivity contribution in [2.75, 3.05) is 12.4 Å². The summed E-state index contributed by atoms with van der Waals surface area (Å²) >= 11 is 0. The maximum atomic E-state index is 12.0. The number of amides is 1. The van der Waals surface area contributed by atoms with Crippen LogP contribution in [0.2, 0.25) is 0 Å². The van der Waals surface area contributed by atoms with Crippen molar-refractivity contribution in [1.29, 1.82) is 0 Å². The number of hydrogen-bond acceptors (Lipinski definition) is 4. The minimum absolute atomic E-state index is 0.0549. The van der Waals surface area contributed by atoms with E-state index in [-0.39, 0.29) is 11.8 Å². The minimum atomic E-state index is -0.191. The molecule has 0 aliphatic heterocycles. The van der Waals surface area contributed by atoms with Crippen LogP contribution in [0.15, 0.2) is 36.9 Å². The molecule has 0 fully saturated rings. The third kappa shape index (κ3) is 3.54. The zero-order chi connectivity index (χ0) is 13.7. The largest absolute Gasteiger partial charge is 0.497 e. The van der Waals surface area contributed by atoms with Gasteiger partial charge >= 0.3 is 0 Å². The van der Waals surface area contributed by atoms with Crippen LogP contribution in [0.4, 0.5) is 5.69 Å². The number of hydrogen-bond donors (Lipinski definition) is 1. The van der Waals surface area contributed by atoms with E-state index in [9.17, 15) is 4.79 Å². The second-order valence-electron chi connectivity index (χ2n) is 4.24. The minimum Gasteiger partial charge on any atom is -0.497 e. The highest BCUT2D eigenvalue weighted by atomic mass is 16.5. The summed E-state index contributed by atoms with van der Waals surface area (Å²) in [5.74, 6) is 0.512. The molecule has 0 bridgehead atoms. The molecule has 1 aromatic heterocycles. The van der Waals surface area contributed by atoms with Crippen LogP contribution in [-0.2, 0) is 11.3 Å². The fraction of sp³-hybridized carbons (Fsp3) is 0.308. The predicted octanol–water partition coefficient (Wildman–Crippen LogP) is 1.56. The Hall–Kier alpha value is -2.37. The zero-order valence-corrected chi connectivity index (χ0v) is 10.9. The Labute approximate surface area is 111 Å². The van der Waals surface area contributed by atoms with E-state index in [0.29, 0.717) is 6.54 Å². The van der Waals surface area contributed by atoms with Gasteiger partial charge in [0.25, 0.3) is 0 Å². The first-order valence-corrected chi connectivity index (χ1v) is 5.96. The normalized spacial score (nSPS) is 11.9. The molecule has 1 N–H and O–H groups in total. The summed E-state index contributed by atoms with van der Waals surface area (Å²) in [6.45, 7) is 2.35. The first-order chi connectivity index (χ1) is 9.19. The number of anilines is 1. The van der Waals surface area contributed by atoms with Gasteiger partial charge in [0.05, 0.1) is 19.6 Å². The number of nitrogens with zero attached hydrogens (tertiary/aromatic N) is 3. The molecule has 0 aliphatic carbocycles. The molecule has 6 heteroatoms. The number of methoxy groups -OCH3 is 1. The van der Waals surface area contributed by atoms with Gasteiger partial charge in [0, 0.05) is 5.69 Å². The molecule has 100 valence electrons. The molecule has 6 nitrogen and oxygen atoms in total. The average molecular weight is 260 g/mol. The molecule has 0 radical (unpaired) electrons. The Kier molecular flexibility index (Phi) is 4.12.